The molecule has 0 saturated heterocycles. The molecule has 0 radical (unpaired) electrons. The van der Waals surface area contributed by atoms with E-state index < -0.39 is 18.6 Å². The molecule has 5 nitrogen and oxygen atoms in total. The molecule has 40 valence electrons. The van der Waals surface area contributed by atoms with Gasteiger partial charge in [0.2, 0.25) is 0 Å². The van der Waals surface area contributed by atoms with E-state index >= 15 is 0 Å². The van der Waals surface area contributed by atoms with Crippen LogP contribution in [0.5, 0.6) is 0 Å². The van der Waals surface area contributed by atoms with Crippen LogP contribution in [0.25, 0.3) is 0 Å². The number of rotatable bonds is 0. The summed E-state index contributed by atoms with van der Waals surface area (Å²) in [5.74, 6) is 0. The van der Waals surface area contributed by atoms with Gasteiger partial charge in [-0.2, -0.15) is 0 Å². The fourth-order valence-electron chi connectivity index (χ4n) is 0. The molecule has 0 spiro atoms. The summed E-state index contributed by atoms with van der Waals surface area (Å²) in [5.41, 5.74) is 0. The van der Waals surface area contributed by atoms with E-state index in [2.05, 4.69) is 0 Å². The van der Waals surface area contributed by atoms with Gasteiger partial charge in [0, 0.05) is 0 Å². The first-order valence-corrected chi connectivity index (χ1v) is 2.52. The van der Waals surface area contributed by atoms with E-state index in [1.54, 1.807) is 0 Å². The maximum absolute atomic E-state index is 8.58. The van der Waals surface area contributed by atoms with Crippen LogP contribution in [0.2, 0.25) is 0 Å². The molecule has 4 N–H and O–H groups in total. The molecular formula is H4K2O5Ti. The number of hydrogen-bond donors (Lipinski definition) is 0. The molecule has 0 fully saturated rings. The van der Waals surface area contributed by atoms with Crippen LogP contribution < -0.4 is 110 Å². The molecule has 0 aliphatic carbocycles. The van der Waals surface area contributed by atoms with Gasteiger partial charge in [-0.25, -0.2) is 0 Å². The van der Waals surface area contributed by atoms with Crippen LogP contribution in [-0.4, -0.2) is 11.0 Å². The van der Waals surface area contributed by atoms with Gasteiger partial charge in [0.25, 0.3) is 0 Å². The summed E-state index contributed by atoms with van der Waals surface area (Å²) in [6.45, 7) is 0. The summed E-state index contributed by atoms with van der Waals surface area (Å²) in [5, 5.41) is 0. The SMILES string of the molecule is O.O.[K+].[K+].[O]=[Ti]([O-])[O-]. The Balaban J connectivity index is -0.00000000750. The van der Waals surface area contributed by atoms with Crippen molar-refractivity contribution >= 4 is 0 Å². The Labute approximate surface area is 139 Å². The van der Waals surface area contributed by atoms with Gasteiger partial charge in [-0.1, -0.05) is 0 Å². The van der Waals surface area contributed by atoms with Crippen molar-refractivity contribution in [2.75, 3.05) is 0 Å². The molecule has 0 heterocycles. The van der Waals surface area contributed by atoms with Crippen molar-refractivity contribution in [3.05, 3.63) is 0 Å². The van der Waals surface area contributed by atoms with Gasteiger partial charge in [0.15, 0.2) is 0 Å². The molecule has 0 atom stereocenters. The molecule has 0 saturated carbocycles. The van der Waals surface area contributed by atoms with Crippen molar-refractivity contribution in [2.24, 2.45) is 0 Å². The van der Waals surface area contributed by atoms with E-state index in [9.17, 15) is 0 Å². The second-order valence-electron chi connectivity index (χ2n) is 0.250. The Hall–Kier alpha value is 3.63. The van der Waals surface area contributed by atoms with E-state index in [0.29, 0.717) is 0 Å². The summed E-state index contributed by atoms with van der Waals surface area (Å²) in [7, 11) is 0. The van der Waals surface area contributed by atoms with Crippen molar-refractivity contribution in [3.63, 3.8) is 0 Å². The van der Waals surface area contributed by atoms with Crippen LogP contribution >= 0.6 is 0 Å². The van der Waals surface area contributed by atoms with Crippen molar-refractivity contribution in [3.8, 4) is 0 Å². The number of hydrogen-bond acceptors (Lipinski definition) is 3. The van der Waals surface area contributed by atoms with Crippen LogP contribution in [0.3, 0.4) is 0 Å². The van der Waals surface area contributed by atoms with E-state index in [4.69, 9.17) is 10.7 Å². The Morgan fingerprint density at radius 3 is 1.00 bits per heavy atom. The van der Waals surface area contributed by atoms with Crippen molar-refractivity contribution in [1.82, 2.24) is 0 Å². The van der Waals surface area contributed by atoms with Gasteiger partial charge in [0.1, 0.15) is 0 Å². The van der Waals surface area contributed by atoms with E-state index in [-0.39, 0.29) is 114 Å². The average molecular weight is 210 g/mol. The molecule has 8 heavy (non-hydrogen) atoms. The molecule has 0 aliphatic heterocycles. The summed E-state index contributed by atoms with van der Waals surface area (Å²) >= 11 is -4.08. The fraction of sp³-hybridized carbons (Fsp3) is 0. The van der Waals surface area contributed by atoms with Crippen LogP contribution in [-0.2, 0) is 21.9 Å². The van der Waals surface area contributed by atoms with E-state index in [1.165, 1.54) is 0 Å². The predicted octanol–water partition coefficient (Wildman–Crippen LogP) is -10.1. The third kappa shape index (κ3) is 54.5. The van der Waals surface area contributed by atoms with Gasteiger partial charge in [-0.15, -0.1) is 0 Å². The minimum atomic E-state index is -4.08. The Bertz CT molecular complexity index is 33.4. The van der Waals surface area contributed by atoms with Crippen LogP contribution in [0.4, 0.5) is 0 Å². The van der Waals surface area contributed by atoms with Crippen LogP contribution in [0.1, 0.15) is 0 Å². The van der Waals surface area contributed by atoms with Gasteiger partial charge in [-0.05, 0) is 0 Å². The zero-order valence-electron chi connectivity index (χ0n) is 4.72. The fourth-order valence-corrected chi connectivity index (χ4v) is 0. The zero-order valence-corrected chi connectivity index (χ0v) is 12.5. The molecule has 0 aromatic carbocycles. The summed E-state index contributed by atoms with van der Waals surface area (Å²) in [4.78, 5) is 0. The van der Waals surface area contributed by atoms with E-state index in [1.807, 2.05) is 0 Å². The Morgan fingerprint density at radius 2 is 1.00 bits per heavy atom. The third-order valence-electron chi connectivity index (χ3n) is 0. The molecule has 0 aromatic rings. The average Bonchev–Trinajstić information content (AvgIpc) is 0.811. The standard InChI is InChI=1S/2K.2H2O.3O.Ti/h;;2*1H2;;;;/q2*+1;;;;2*-1;. The van der Waals surface area contributed by atoms with Gasteiger partial charge in [0.05, 0.1) is 0 Å². The second-order valence-corrected chi connectivity index (χ2v) is 1.03. The molecular weight excluding hydrogens is 206 g/mol. The first kappa shape index (κ1) is 29.9. The van der Waals surface area contributed by atoms with Crippen LogP contribution in [0.15, 0.2) is 0 Å². The topological polar surface area (TPSA) is 126 Å². The van der Waals surface area contributed by atoms with Crippen molar-refractivity contribution in [2.45, 2.75) is 0 Å². The van der Waals surface area contributed by atoms with E-state index in [0.717, 1.165) is 0 Å². The van der Waals surface area contributed by atoms with Gasteiger partial charge < -0.3 is 11.0 Å². The molecule has 0 aliphatic rings. The second kappa shape index (κ2) is 22.4. The zero-order chi connectivity index (χ0) is 3.58. The summed E-state index contributed by atoms with van der Waals surface area (Å²) in [6.07, 6.45) is 0. The molecule has 0 amide bonds. The van der Waals surface area contributed by atoms with Crippen LogP contribution in [0, 0.1) is 0 Å². The van der Waals surface area contributed by atoms with Gasteiger partial charge in [-0.3, -0.25) is 0 Å². The quantitative estimate of drug-likeness (QED) is 0.368. The predicted molar refractivity (Wildman–Crippen MR) is 7.91 cm³/mol. The molecule has 8 heteroatoms. The van der Waals surface area contributed by atoms with Crippen molar-refractivity contribution < 1.29 is 143 Å². The third-order valence-corrected chi connectivity index (χ3v) is 0. The molecule has 0 aromatic heterocycles. The molecule has 0 unspecified atom stereocenters. The Kier molecular flexibility index (Phi) is 83.8. The summed E-state index contributed by atoms with van der Waals surface area (Å²) in [6, 6.07) is 0. The van der Waals surface area contributed by atoms with Gasteiger partial charge >= 0.3 is 132 Å². The normalized spacial score (nSPS) is 3.25. The van der Waals surface area contributed by atoms with Crippen molar-refractivity contribution in [1.29, 1.82) is 0 Å². The molecule has 0 bridgehead atoms. The first-order chi connectivity index (χ1) is 1.73. The maximum atomic E-state index is 8.58. The first-order valence-electron chi connectivity index (χ1n) is 0.612. The minimum absolute atomic E-state index is 0. The molecule has 0 rings (SSSR count). The summed E-state index contributed by atoms with van der Waals surface area (Å²) < 4.78 is 25.8. The monoisotopic (exact) mass is 210 g/mol. The Morgan fingerprint density at radius 1 is 1.00 bits per heavy atom.